The topological polar surface area (TPSA) is 89.6 Å². The van der Waals surface area contributed by atoms with Crippen LogP contribution in [0.1, 0.15) is 34.7 Å². The van der Waals surface area contributed by atoms with Crippen molar-refractivity contribution in [1.82, 2.24) is 10.3 Å². The first kappa shape index (κ1) is 17.7. The number of fused-ring (bicyclic) bond motifs is 1. The number of pyridine rings is 1. The van der Waals surface area contributed by atoms with E-state index in [1.807, 2.05) is 13.8 Å². The van der Waals surface area contributed by atoms with Crippen LogP contribution in [-0.4, -0.2) is 36.6 Å². The number of nitrogens with one attached hydrogen (secondary N) is 2. The molecule has 136 valence electrons. The maximum Gasteiger partial charge on any atom is 0.274 e. The zero-order valence-electron chi connectivity index (χ0n) is 14.7. The van der Waals surface area contributed by atoms with Gasteiger partial charge < -0.3 is 20.1 Å². The molecule has 0 saturated carbocycles. The molecule has 2 amide bonds. The maximum atomic E-state index is 12.4. The summed E-state index contributed by atoms with van der Waals surface area (Å²) in [4.78, 5) is 28.6. The maximum absolute atomic E-state index is 12.4. The Morgan fingerprint density at radius 1 is 1.08 bits per heavy atom. The molecule has 0 aliphatic carbocycles. The van der Waals surface area contributed by atoms with Gasteiger partial charge in [0.25, 0.3) is 11.8 Å². The lowest BCUT2D eigenvalue weighted by atomic mass is 10.2. The molecule has 26 heavy (non-hydrogen) atoms. The number of hydrogen-bond donors (Lipinski definition) is 2. The molecule has 0 fully saturated rings. The molecule has 1 aromatic carbocycles. The van der Waals surface area contributed by atoms with E-state index in [9.17, 15) is 9.59 Å². The summed E-state index contributed by atoms with van der Waals surface area (Å²) in [7, 11) is 0. The third-order valence-electron chi connectivity index (χ3n) is 3.73. The Kier molecular flexibility index (Phi) is 5.36. The van der Waals surface area contributed by atoms with Crippen molar-refractivity contribution in [3.63, 3.8) is 0 Å². The summed E-state index contributed by atoms with van der Waals surface area (Å²) in [6.45, 7) is 5.58. The molecule has 7 heteroatoms. The molecule has 0 atom stereocenters. The first-order chi connectivity index (χ1) is 12.5. The molecule has 7 nitrogen and oxygen atoms in total. The molecule has 0 bridgehead atoms. The highest BCUT2D eigenvalue weighted by Crippen LogP contribution is 2.32. The van der Waals surface area contributed by atoms with Gasteiger partial charge in [-0.3, -0.25) is 14.6 Å². The second-order valence-corrected chi connectivity index (χ2v) is 6.35. The molecule has 2 heterocycles. The average Bonchev–Trinajstić information content (AvgIpc) is 2.66. The smallest absolute Gasteiger partial charge is 0.274 e. The van der Waals surface area contributed by atoms with Crippen molar-refractivity contribution < 1.29 is 19.1 Å². The van der Waals surface area contributed by atoms with Crippen molar-refractivity contribution in [1.29, 1.82) is 0 Å². The molecule has 3 rings (SSSR count). The zero-order valence-corrected chi connectivity index (χ0v) is 14.7. The third kappa shape index (κ3) is 4.30. The van der Waals surface area contributed by atoms with Crippen LogP contribution >= 0.6 is 0 Å². The number of carbonyl (C=O) groups is 2. The van der Waals surface area contributed by atoms with Crippen molar-refractivity contribution >= 4 is 17.5 Å². The normalized spacial score (nSPS) is 12.6. The summed E-state index contributed by atoms with van der Waals surface area (Å²) in [6.07, 6.45) is 1.45. The van der Waals surface area contributed by atoms with E-state index in [-0.39, 0.29) is 11.6 Å². The van der Waals surface area contributed by atoms with E-state index in [0.29, 0.717) is 48.4 Å². The van der Waals surface area contributed by atoms with Gasteiger partial charge in [0.15, 0.2) is 11.5 Å². The number of amides is 2. The van der Waals surface area contributed by atoms with Crippen molar-refractivity contribution in [2.45, 2.75) is 13.8 Å². The summed E-state index contributed by atoms with van der Waals surface area (Å²) in [6, 6.07) is 8.23. The minimum absolute atomic E-state index is 0.164. The van der Waals surface area contributed by atoms with E-state index in [1.54, 1.807) is 24.3 Å². The SMILES string of the molecule is CC(C)CNC(=O)c1ccnc(C(=O)Nc2ccc3c(c2)OCCO3)c1. The van der Waals surface area contributed by atoms with Gasteiger partial charge in [0.2, 0.25) is 0 Å². The lowest BCUT2D eigenvalue weighted by Crippen LogP contribution is -2.27. The standard InChI is InChI=1S/C19H21N3O4/c1-12(2)11-21-18(23)13-5-6-20-15(9-13)19(24)22-14-3-4-16-17(10-14)26-8-7-25-16/h3-6,9-10,12H,7-8,11H2,1-2H3,(H,21,23)(H,22,24). The van der Waals surface area contributed by atoms with Crippen LogP contribution in [0, 0.1) is 5.92 Å². The Morgan fingerprint density at radius 3 is 2.62 bits per heavy atom. The Balaban J connectivity index is 1.70. The number of nitrogens with zero attached hydrogens (tertiary/aromatic N) is 1. The van der Waals surface area contributed by atoms with E-state index < -0.39 is 5.91 Å². The lowest BCUT2D eigenvalue weighted by Gasteiger charge is -2.19. The van der Waals surface area contributed by atoms with Crippen LogP contribution in [0.2, 0.25) is 0 Å². The first-order valence-corrected chi connectivity index (χ1v) is 8.48. The highest BCUT2D eigenvalue weighted by molar-refractivity contribution is 6.04. The van der Waals surface area contributed by atoms with E-state index >= 15 is 0 Å². The second kappa shape index (κ2) is 7.86. The summed E-state index contributed by atoms with van der Waals surface area (Å²) < 4.78 is 11.0. The van der Waals surface area contributed by atoms with E-state index in [0.717, 1.165) is 0 Å². The Morgan fingerprint density at radius 2 is 1.85 bits per heavy atom. The molecular formula is C19H21N3O4. The summed E-state index contributed by atoms with van der Waals surface area (Å²) in [5.41, 5.74) is 1.13. The fourth-order valence-electron chi connectivity index (χ4n) is 2.41. The quantitative estimate of drug-likeness (QED) is 0.860. The summed E-state index contributed by atoms with van der Waals surface area (Å²) in [5.74, 6) is 0.952. The minimum Gasteiger partial charge on any atom is -0.486 e. The average molecular weight is 355 g/mol. The number of anilines is 1. The van der Waals surface area contributed by atoms with Crippen molar-refractivity contribution in [3.05, 3.63) is 47.8 Å². The summed E-state index contributed by atoms with van der Waals surface area (Å²) >= 11 is 0. The lowest BCUT2D eigenvalue weighted by molar-refractivity contribution is 0.0949. The van der Waals surface area contributed by atoms with Gasteiger partial charge in [-0.1, -0.05) is 13.8 Å². The van der Waals surface area contributed by atoms with Crippen LogP contribution in [0.5, 0.6) is 11.5 Å². The number of hydrogen-bond acceptors (Lipinski definition) is 5. The largest absolute Gasteiger partial charge is 0.486 e. The number of aromatic nitrogens is 1. The van der Waals surface area contributed by atoms with Crippen LogP contribution in [-0.2, 0) is 0 Å². The Hall–Kier alpha value is -3.09. The van der Waals surface area contributed by atoms with Crippen molar-refractivity contribution in [2.24, 2.45) is 5.92 Å². The van der Waals surface area contributed by atoms with Crippen molar-refractivity contribution in [2.75, 3.05) is 25.1 Å². The van der Waals surface area contributed by atoms with Gasteiger partial charge in [0.05, 0.1) is 0 Å². The predicted octanol–water partition coefficient (Wildman–Crippen LogP) is 2.49. The molecule has 1 aliphatic rings. The molecule has 2 N–H and O–H groups in total. The van der Waals surface area contributed by atoms with Gasteiger partial charge in [-0.05, 0) is 30.2 Å². The van der Waals surface area contributed by atoms with Crippen molar-refractivity contribution in [3.8, 4) is 11.5 Å². The second-order valence-electron chi connectivity index (χ2n) is 6.35. The number of rotatable bonds is 5. The highest BCUT2D eigenvalue weighted by Gasteiger charge is 2.15. The van der Waals surface area contributed by atoms with Gasteiger partial charge in [-0.2, -0.15) is 0 Å². The highest BCUT2D eigenvalue weighted by atomic mass is 16.6. The third-order valence-corrected chi connectivity index (χ3v) is 3.73. The molecule has 0 spiro atoms. The van der Waals surface area contributed by atoms with Crippen LogP contribution in [0.4, 0.5) is 5.69 Å². The minimum atomic E-state index is -0.403. The van der Waals surface area contributed by atoms with Crippen LogP contribution in [0.25, 0.3) is 0 Å². The molecule has 2 aromatic rings. The molecule has 0 saturated heterocycles. The van der Waals surface area contributed by atoms with Gasteiger partial charge in [-0.25, -0.2) is 0 Å². The molecular weight excluding hydrogens is 334 g/mol. The van der Waals surface area contributed by atoms with Crippen LogP contribution < -0.4 is 20.1 Å². The number of ether oxygens (including phenoxy) is 2. The van der Waals surface area contributed by atoms with Crippen LogP contribution in [0.3, 0.4) is 0 Å². The fourth-order valence-corrected chi connectivity index (χ4v) is 2.41. The number of benzene rings is 1. The van der Waals surface area contributed by atoms with Gasteiger partial charge >= 0.3 is 0 Å². The first-order valence-electron chi connectivity index (χ1n) is 8.48. The van der Waals surface area contributed by atoms with Crippen LogP contribution in [0.15, 0.2) is 36.5 Å². The van der Waals surface area contributed by atoms with Gasteiger partial charge in [-0.15, -0.1) is 0 Å². The van der Waals surface area contributed by atoms with E-state index in [2.05, 4.69) is 15.6 Å². The molecule has 1 aliphatic heterocycles. The van der Waals surface area contributed by atoms with Gasteiger partial charge in [0, 0.05) is 30.1 Å². The Bertz CT molecular complexity index is 820. The molecule has 0 radical (unpaired) electrons. The number of carbonyl (C=O) groups excluding carboxylic acids is 2. The summed E-state index contributed by atoms with van der Waals surface area (Å²) in [5, 5.41) is 5.58. The molecule has 0 unspecified atom stereocenters. The predicted molar refractivity (Wildman–Crippen MR) is 96.8 cm³/mol. The monoisotopic (exact) mass is 355 g/mol. The van der Waals surface area contributed by atoms with E-state index in [1.165, 1.54) is 12.3 Å². The fraction of sp³-hybridized carbons (Fsp3) is 0.316. The Labute approximate surface area is 151 Å². The van der Waals surface area contributed by atoms with Gasteiger partial charge in [0.1, 0.15) is 18.9 Å². The molecule has 1 aromatic heterocycles. The zero-order chi connectivity index (χ0) is 18.5. The van der Waals surface area contributed by atoms with E-state index in [4.69, 9.17) is 9.47 Å².